The van der Waals surface area contributed by atoms with Gasteiger partial charge in [-0.05, 0) is 70.1 Å². The second-order valence-electron chi connectivity index (χ2n) is 11.2. The van der Waals surface area contributed by atoms with Crippen LogP contribution in [0.5, 0.6) is 17.2 Å². The first-order valence-corrected chi connectivity index (χ1v) is 14.7. The molecule has 44 heavy (non-hydrogen) atoms. The number of hydrogen-bond donors (Lipinski definition) is 3. The molecule has 0 atom stereocenters. The maximum Gasteiger partial charge on any atom is 0.249 e. The molecule has 1 fully saturated rings. The summed E-state index contributed by atoms with van der Waals surface area (Å²) in [5, 5.41) is 15.2. The molecule has 1 aliphatic rings. The third-order valence-electron chi connectivity index (χ3n) is 7.52. The number of carbonyl (C=O) groups is 1. The zero-order valence-corrected chi connectivity index (χ0v) is 25.6. The lowest BCUT2D eigenvalue weighted by molar-refractivity contribution is -0.112. The third kappa shape index (κ3) is 7.10. The first kappa shape index (κ1) is 31.2. The Morgan fingerprint density at radius 1 is 1.14 bits per heavy atom. The Hall–Kier alpha value is -4.25. The van der Waals surface area contributed by atoms with E-state index >= 15 is 0 Å². The minimum absolute atomic E-state index is 0.224. The number of nitrogens with zero attached hydrogens (tertiary/aromatic N) is 3. The predicted molar refractivity (Wildman–Crippen MR) is 170 cm³/mol. The summed E-state index contributed by atoms with van der Waals surface area (Å²) >= 11 is 6.61. The number of carbonyl (C=O) groups excluding carboxylic acids is 1. The van der Waals surface area contributed by atoms with E-state index in [4.69, 9.17) is 26.8 Å². The van der Waals surface area contributed by atoms with Gasteiger partial charge in [-0.15, -0.1) is 0 Å². The first-order valence-electron chi connectivity index (χ1n) is 14.4. The van der Waals surface area contributed by atoms with Gasteiger partial charge in [-0.2, -0.15) is 0 Å². The molecule has 2 heterocycles. The quantitative estimate of drug-likeness (QED) is 0.171. The molecule has 4 N–H and O–H groups in total. The molecular formula is C33H35ClFN5O4. The van der Waals surface area contributed by atoms with Gasteiger partial charge in [-0.1, -0.05) is 30.2 Å². The highest BCUT2D eigenvalue weighted by atomic mass is 35.5. The van der Waals surface area contributed by atoms with E-state index in [-0.39, 0.29) is 16.5 Å². The number of rotatable bonds is 10. The molecule has 1 aromatic heterocycles. The number of likely N-dealkylation sites (tertiary alicyclic amines) is 1. The van der Waals surface area contributed by atoms with Gasteiger partial charge in [0.2, 0.25) is 5.91 Å². The van der Waals surface area contributed by atoms with E-state index < -0.39 is 17.3 Å². The fraction of sp³-hybridized carbons (Fsp3) is 0.303. The van der Waals surface area contributed by atoms with E-state index in [0.717, 1.165) is 25.9 Å². The summed E-state index contributed by atoms with van der Waals surface area (Å²) < 4.78 is 25.3. The third-order valence-corrected chi connectivity index (χ3v) is 7.82. The highest BCUT2D eigenvalue weighted by molar-refractivity contribution is 6.32. The molecule has 1 aliphatic heterocycles. The molecule has 0 saturated carbocycles. The smallest absolute Gasteiger partial charge is 0.249 e. The van der Waals surface area contributed by atoms with Crippen LogP contribution in [0.15, 0.2) is 60.9 Å². The summed E-state index contributed by atoms with van der Waals surface area (Å²) in [6, 6.07) is 12.4. The molecule has 5 rings (SSSR count). The van der Waals surface area contributed by atoms with Crippen molar-refractivity contribution >= 4 is 45.5 Å². The standard InChI is InChI=1S/C33H35ClFN5O4/c1-33(2,42)25-16-30(44-21-9-7-8-20(35)14-21)26(34)17-28(25)39-32-24-15-23(29(43-3)18-27(24)37-19-38-32)22(31(36)41)10-13-40-11-5-4-6-12-40/h7-10,14-19,42H,4-6,11-13H2,1-3H3,(H2,36,41)(H,37,38,39). The summed E-state index contributed by atoms with van der Waals surface area (Å²) in [6.07, 6.45) is 6.70. The summed E-state index contributed by atoms with van der Waals surface area (Å²) in [5.74, 6) is 0.327. The van der Waals surface area contributed by atoms with Crippen LogP contribution in [0.2, 0.25) is 5.02 Å². The van der Waals surface area contributed by atoms with Gasteiger partial charge >= 0.3 is 0 Å². The van der Waals surface area contributed by atoms with Gasteiger partial charge in [0.1, 0.15) is 35.2 Å². The highest BCUT2D eigenvalue weighted by Gasteiger charge is 2.25. The van der Waals surface area contributed by atoms with Gasteiger partial charge in [0.25, 0.3) is 0 Å². The maximum absolute atomic E-state index is 13.8. The second-order valence-corrected chi connectivity index (χ2v) is 11.6. The number of primary amides is 1. The fourth-order valence-corrected chi connectivity index (χ4v) is 5.50. The van der Waals surface area contributed by atoms with Gasteiger partial charge in [-0.3, -0.25) is 9.69 Å². The van der Waals surface area contributed by atoms with Crippen molar-refractivity contribution in [3.63, 3.8) is 0 Å². The molecule has 0 unspecified atom stereocenters. The number of piperidine rings is 1. The van der Waals surface area contributed by atoms with Crippen LogP contribution in [0, 0.1) is 5.82 Å². The van der Waals surface area contributed by atoms with Crippen molar-refractivity contribution in [2.75, 3.05) is 32.1 Å². The number of aromatic nitrogens is 2. The second kappa shape index (κ2) is 13.2. The van der Waals surface area contributed by atoms with Crippen LogP contribution in [0.1, 0.15) is 44.2 Å². The van der Waals surface area contributed by atoms with Crippen LogP contribution in [-0.4, -0.2) is 52.6 Å². The summed E-state index contributed by atoms with van der Waals surface area (Å²) in [4.78, 5) is 23.9. The Morgan fingerprint density at radius 2 is 1.91 bits per heavy atom. The summed E-state index contributed by atoms with van der Waals surface area (Å²) in [5.41, 5.74) is 6.86. The lowest BCUT2D eigenvalue weighted by Crippen LogP contribution is -2.30. The lowest BCUT2D eigenvalue weighted by Gasteiger charge is -2.25. The zero-order valence-electron chi connectivity index (χ0n) is 24.9. The van der Waals surface area contributed by atoms with Gasteiger partial charge < -0.3 is 25.6 Å². The van der Waals surface area contributed by atoms with Gasteiger partial charge in [0.15, 0.2) is 0 Å². The van der Waals surface area contributed by atoms with Crippen LogP contribution in [-0.2, 0) is 10.4 Å². The van der Waals surface area contributed by atoms with E-state index in [1.807, 2.05) is 6.08 Å². The number of benzene rings is 3. The molecular weight excluding hydrogens is 585 g/mol. The number of nitrogens with two attached hydrogens (primary N) is 1. The number of anilines is 2. The Labute approximate surface area is 260 Å². The van der Waals surface area contributed by atoms with Crippen molar-refractivity contribution in [1.82, 2.24) is 14.9 Å². The van der Waals surface area contributed by atoms with Crippen molar-refractivity contribution in [1.29, 1.82) is 0 Å². The van der Waals surface area contributed by atoms with Crippen LogP contribution < -0.4 is 20.5 Å². The molecule has 1 saturated heterocycles. The van der Waals surface area contributed by atoms with Crippen LogP contribution in [0.4, 0.5) is 15.9 Å². The Balaban J connectivity index is 1.56. The Bertz CT molecular complexity index is 1720. The molecule has 11 heteroatoms. The molecule has 0 bridgehead atoms. The fourth-order valence-electron chi connectivity index (χ4n) is 5.29. The molecule has 0 spiro atoms. The summed E-state index contributed by atoms with van der Waals surface area (Å²) in [7, 11) is 1.53. The lowest BCUT2D eigenvalue weighted by atomic mass is 9.95. The molecule has 0 aliphatic carbocycles. The normalized spacial score (nSPS) is 14.5. The molecule has 1 amide bonds. The van der Waals surface area contributed by atoms with E-state index in [0.29, 0.717) is 51.4 Å². The van der Waals surface area contributed by atoms with E-state index in [1.54, 1.807) is 44.2 Å². The maximum atomic E-state index is 13.8. The number of methoxy groups -OCH3 is 1. The summed E-state index contributed by atoms with van der Waals surface area (Å²) in [6.45, 7) is 5.78. The topological polar surface area (TPSA) is 123 Å². The number of nitrogens with one attached hydrogen (secondary N) is 1. The number of halogens is 2. The van der Waals surface area contributed by atoms with Crippen molar-refractivity contribution in [3.8, 4) is 17.2 Å². The number of amides is 1. The molecule has 0 radical (unpaired) electrons. The average Bonchev–Trinajstić information content (AvgIpc) is 2.98. The molecule has 4 aromatic rings. The first-order chi connectivity index (χ1) is 21.0. The molecule has 3 aromatic carbocycles. The van der Waals surface area contributed by atoms with Gasteiger partial charge in [0.05, 0.1) is 23.3 Å². The molecule has 9 nitrogen and oxygen atoms in total. The van der Waals surface area contributed by atoms with Crippen molar-refractivity contribution in [3.05, 3.63) is 82.9 Å². The minimum Gasteiger partial charge on any atom is -0.496 e. The van der Waals surface area contributed by atoms with Gasteiger partial charge in [-0.25, -0.2) is 14.4 Å². The van der Waals surface area contributed by atoms with Crippen LogP contribution in [0.3, 0.4) is 0 Å². The Kier molecular flexibility index (Phi) is 9.33. The number of hydrogen-bond acceptors (Lipinski definition) is 8. The van der Waals surface area contributed by atoms with Gasteiger partial charge in [0, 0.05) is 46.5 Å². The van der Waals surface area contributed by atoms with E-state index in [1.165, 1.54) is 38.1 Å². The minimum atomic E-state index is -1.33. The number of fused-ring (bicyclic) bond motifs is 1. The van der Waals surface area contributed by atoms with E-state index in [9.17, 15) is 14.3 Å². The van der Waals surface area contributed by atoms with Crippen LogP contribution >= 0.6 is 11.6 Å². The largest absolute Gasteiger partial charge is 0.496 e. The van der Waals surface area contributed by atoms with Crippen molar-refractivity contribution in [2.45, 2.75) is 38.7 Å². The van der Waals surface area contributed by atoms with Crippen molar-refractivity contribution < 1.29 is 23.8 Å². The number of ether oxygens (including phenoxy) is 2. The number of aliphatic hydroxyl groups is 1. The highest BCUT2D eigenvalue weighted by Crippen LogP contribution is 2.41. The predicted octanol–water partition coefficient (Wildman–Crippen LogP) is 6.55. The van der Waals surface area contributed by atoms with Crippen LogP contribution in [0.25, 0.3) is 16.5 Å². The SMILES string of the molecule is COc1cc2ncnc(Nc3cc(Cl)c(Oc4cccc(F)c4)cc3C(C)(C)O)c2cc1C(=CCN1CCCCC1)C(N)=O. The molecule has 230 valence electrons. The Morgan fingerprint density at radius 3 is 2.59 bits per heavy atom. The monoisotopic (exact) mass is 619 g/mol. The average molecular weight is 620 g/mol. The van der Waals surface area contributed by atoms with E-state index in [2.05, 4.69) is 20.2 Å². The zero-order chi connectivity index (χ0) is 31.4. The van der Waals surface area contributed by atoms with Crippen molar-refractivity contribution in [2.24, 2.45) is 5.73 Å².